The SMILES string of the molecule is Cc1cc(F)ccc1[C@H]1CC(=O)CCN1C(=O)N(C)Cc1cc(Cl)cc(Cl)c1. The number of ketones is 1. The zero-order valence-electron chi connectivity index (χ0n) is 15.7. The minimum absolute atomic E-state index is 0.0991. The van der Waals surface area contributed by atoms with Gasteiger partial charge >= 0.3 is 6.03 Å². The molecule has 0 N–H and O–H groups in total. The minimum Gasteiger partial charge on any atom is -0.323 e. The minimum atomic E-state index is -0.403. The predicted octanol–water partition coefficient (Wildman–Crippen LogP) is 5.40. The molecule has 4 nitrogen and oxygen atoms in total. The first kappa shape index (κ1) is 20.6. The van der Waals surface area contributed by atoms with Gasteiger partial charge in [-0.1, -0.05) is 29.3 Å². The molecule has 3 rings (SSSR count). The number of rotatable bonds is 3. The van der Waals surface area contributed by atoms with Crippen molar-refractivity contribution in [1.82, 2.24) is 9.80 Å². The lowest BCUT2D eigenvalue weighted by Gasteiger charge is -2.38. The Bertz CT molecular complexity index is 899. The van der Waals surface area contributed by atoms with Crippen LogP contribution in [0.5, 0.6) is 0 Å². The maximum Gasteiger partial charge on any atom is 0.320 e. The summed E-state index contributed by atoms with van der Waals surface area (Å²) in [5.41, 5.74) is 2.33. The monoisotopic (exact) mass is 422 g/mol. The molecule has 7 heteroatoms. The third-order valence-electron chi connectivity index (χ3n) is 4.93. The smallest absolute Gasteiger partial charge is 0.320 e. The van der Waals surface area contributed by atoms with Crippen LogP contribution in [0.15, 0.2) is 36.4 Å². The molecule has 1 atom stereocenters. The summed E-state index contributed by atoms with van der Waals surface area (Å²) in [6.45, 7) is 2.45. The number of nitrogens with zero attached hydrogens (tertiary/aromatic N) is 2. The molecule has 148 valence electrons. The number of benzene rings is 2. The Labute approximate surface area is 173 Å². The van der Waals surface area contributed by atoms with E-state index in [2.05, 4.69) is 0 Å². The van der Waals surface area contributed by atoms with Gasteiger partial charge < -0.3 is 9.80 Å². The van der Waals surface area contributed by atoms with Gasteiger partial charge in [-0.3, -0.25) is 4.79 Å². The second kappa shape index (κ2) is 8.50. The van der Waals surface area contributed by atoms with E-state index in [1.807, 2.05) is 0 Å². The largest absolute Gasteiger partial charge is 0.323 e. The Kier molecular flexibility index (Phi) is 6.26. The van der Waals surface area contributed by atoms with E-state index >= 15 is 0 Å². The summed E-state index contributed by atoms with van der Waals surface area (Å²) in [5.74, 6) is -0.238. The van der Waals surface area contributed by atoms with Crippen molar-refractivity contribution in [2.45, 2.75) is 32.4 Å². The first-order chi connectivity index (χ1) is 13.2. The number of hydrogen-bond acceptors (Lipinski definition) is 2. The Morgan fingerprint density at radius 3 is 2.54 bits per heavy atom. The molecule has 2 aromatic rings. The molecule has 28 heavy (non-hydrogen) atoms. The molecular weight excluding hydrogens is 402 g/mol. The second-order valence-electron chi connectivity index (χ2n) is 7.12. The van der Waals surface area contributed by atoms with Crippen LogP contribution in [0, 0.1) is 12.7 Å². The molecular formula is C21H21Cl2FN2O2. The molecule has 0 unspecified atom stereocenters. The summed E-state index contributed by atoms with van der Waals surface area (Å²) in [6.07, 6.45) is 0.550. The Morgan fingerprint density at radius 2 is 1.89 bits per heavy atom. The van der Waals surface area contributed by atoms with Crippen LogP contribution in [-0.2, 0) is 11.3 Å². The quantitative estimate of drug-likeness (QED) is 0.664. The molecule has 0 radical (unpaired) electrons. The maximum absolute atomic E-state index is 13.5. The third-order valence-corrected chi connectivity index (χ3v) is 5.37. The van der Waals surface area contributed by atoms with E-state index in [0.29, 0.717) is 29.6 Å². The molecule has 0 aliphatic carbocycles. The van der Waals surface area contributed by atoms with Crippen LogP contribution >= 0.6 is 23.2 Å². The molecule has 0 spiro atoms. The Morgan fingerprint density at radius 1 is 1.21 bits per heavy atom. The predicted molar refractivity (Wildman–Crippen MR) is 108 cm³/mol. The highest BCUT2D eigenvalue weighted by atomic mass is 35.5. The standard InChI is InChI=1S/C21H21Cl2FN2O2/c1-13-7-17(24)3-4-19(13)20-11-18(27)5-6-26(20)21(28)25(2)12-14-8-15(22)10-16(23)9-14/h3-4,7-10,20H,5-6,11-12H2,1-2H3/t20-/m1/s1. The van der Waals surface area contributed by atoms with Crippen molar-refractivity contribution in [2.75, 3.05) is 13.6 Å². The number of piperidine rings is 1. The number of hydrogen-bond donors (Lipinski definition) is 0. The topological polar surface area (TPSA) is 40.6 Å². The van der Waals surface area contributed by atoms with E-state index < -0.39 is 6.04 Å². The lowest BCUT2D eigenvalue weighted by atomic mass is 9.91. The lowest BCUT2D eigenvalue weighted by Crippen LogP contribution is -2.47. The van der Waals surface area contributed by atoms with Gasteiger partial charge in [0, 0.05) is 43.0 Å². The average molecular weight is 423 g/mol. The van der Waals surface area contributed by atoms with Crippen molar-refractivity contribution in [3.63, 3.8) is 0 Å². The average Bonchev–Trinajstić information content (AvgIpc) is 2.60. The van der Waals surface area contributed by atoms with E-state index in [4.69, 9.17) is 23.2 Å². The molecule has 1 saturated heterocycles. The zero-order chi connectivity index (χ0) is 20.4. The molecule has 1 aliphatic rings. The van der Waals surface area contributed by atoms with E-state index in [9.17, 15) is 14.0 Å². The number of carbonyl (C=O) groups is 2. The summed E-state index contributed by atoms with van der Waals surface area (Å²) in [5, 5.41) is 1.01. The highest BCUT2D eigenvalue weighted by Gasteiger charge is 2.34. The first-order valence-corrected chi connectivity index (χ1v) is 9.74. The summed E-state index contributed by atoms with van der Waals surface area (Å²) < 4.78 is 13.5. The molecule has 0 aromatic heterocycles. The van der Waals surface area contributed by atoms with Gasteiger partial charge in [-0.2, -0.15) is 0 Å². The van der Waals surface area contributed by atoms with Crippen LogP contribution in [0.1, 0.15) is 35.6 Å². The van der Waals surface area contributed by atoms with Gasteiger partial charge in [-0.05, 0) is 53.9 Å². The number of carbonyl (C=O) groups excluding carboxylic acids is 2. The van der Waals surface area contributed by atoms with E-state index in [0.717, 1.165) is 16.7 Å². The zero-order valence-corrected chi connectivity index (χ0v) is 17.2. The van der Waals surface area contributed by atoms with Crippen LogP contribution in [0.4, 0.5) is 9.18 Å². The number of halogens is 3. The van der Waals surface area contributed by atoms with Gasteiger partial charge in [0.25, 0.3) is 0 Å². The van der Waals surface area contributed by atoms with Crippen molar-refractivity contribution in [3.05, 3.63) is 69.0 Å². The maximum atomic E-state index is 13.5. The first-order valence-electron chi connectivity index (χ1n) is 8.99. The molecule has 2 amide bonds. The fourth-order valence-corrected chi connectivity index (χ4v) is 4.18. The molecule has 1 heterocycles. The van der Waals surface area contributed by atoms with Crippen LogP contribution in [0.2, 0.25) is 10.0 Å². The van der Waals surface area contributed by atoms with E-state index in [1.54, 1.807) is 48.0 Å². The number of likely N-dealkylation sites (tertiary alicyclic amines) is 1. The van der Waals surface area contributed by atoms with Crippen LogP contribution < -0.4 is 0 Å². The van der Waals surface area contributed by atoms with Gasteiger partial charge in [0.15, 0.2) is 0 Å². The van der Waals surface area contributed by atoms with Gasteiger partial charge in [0.2, 0.25) is 0 Å². The highest BCUT2D eigenvalue weighted by molar-refractivity contribution is 6.34. The van der Waals surface area contributed by atoms with Crippen molar-refractivity contribution in [1.29, 1.82) is 0 Å². The summed E-state index contributed by atoms with van der Waals surface area (Å²) >= 11 is 12.1. The summed E-state index contributed by atoms with van der Waals surface area (Å²) in [6, 6.07) is 9.01. The molecule has 2 aromatic carbocycles. The van der Waals surface area contributed by atoms with Crippen LogP contribution in [0.3, 0.4) is 0 Å². The van der Waals surface area contributed by atoms with Gasteiger partial charge in [-0.25, -0.2) is 9.18 Å². The molecule has 0 saturated carbocycles. The van der Waals surface area contributed by atoms with Gasteiger partial charge in [0.1, 0.15) is 11.6 Å². The molecule has 1 fully saturated rings. The summed E-state index contributed by atoms with van der Waals surface area (Å²) in [4.78, 5) is 28.5. The van der Waals surface area contributed by atoms with Crippen molar-refractivity contribution >= 4 is 35.0 Å². The lowest BCUT2D eigenvalue weighted by molar-refractivity contribution is -0.122. The van der Waals surface area contributed by atoms with Crippen LogP contribution in [0.25, 0.3) is 0 Å². The molecule has 0 bridgehead atoms. The van der Waals surface area contributed by atoms with Crippen molar-refractivity contribution < 1.29 is 14.0 Å². The Hall–Kier alpha value is -2.11. The van der Waals surface area contributed by atoms with E-state index in [1.165, 1.54) is 12.1 Å². The molecule has 1 aliphatic heterocycles. The van der Waals surface area contributed by atoms with Crippen molar-refractivity contribution in [3.8, 4) is 0 Å². The fraction of sp³-hybridized carbons (Fsp3) is 0.333. The number of urea groups is 1. The fourth-order valence-electron chi connectivity index (χ4n) is 3.61. The summed E-state index contributed by atoms with van der Waals surface area (Å²) in [7, 11) is 1.70. The van der Waals surface area contributed by atoms with Crippen molar-refractivity contribution in [2.24, 2.45) is 0 Å². The number of Topliss-reactive ketones (excluding diaryl/α,β-unsaturated/α-hetero) is 1. The normalized spacial score (nSPS) is 17.0. The third kappa shape index (κ3) is 4.65. The Balaban J connectivity index is 1.83. The number of aryl methyl sites for hydroxylation is 1. The van der Waals surface area contributed by atoms with E-state index in [-0.39, 0.29) is 24.1 Å². The van der Waals surface area contributed by atoms with Gasteiger partial charge in [0.05, 0.1) is 6.04 Å². The van der Waals surface area contributed by atoms with Gasteiger partial charge in [-0.15, -0.1) is 0 Å². The van der Waals surface area contributed by atoms with Crippen LogP contribution in [-0.4, -0.2) is 35.2 Å². The highest BCUT2D eigenvalue weighted by Crippen LogP contribution is 2.32. The second-order valence-corrected chi connectivity index (χ2v) is 7.99. The number of amides is 2.